The Morgan fingerprint density at radius 1 is 1.19 bits per heavy atom. The third-order valence-electron chi connectivity index (χ3n) is 4.29. The first kappa shape index (κ1) is 10.3. The molecule has 0 bridgehead atoms. The molecule has 1 aliphatic heterocycles. The predicted octanol–water partition coefficient (Wildman–Crippen LogP) is 2.21. The van der Waals surface area contributed by atoms with Crippen LogP contribution in [0.5, 0.6) is 0 Å². The van der Waals surface area contributed by atoms with Gasteiger partial charge in [-0.1, -0.05) is 36.8 Å². The Kier molecular flexibility index (Phi) is 2.49. The highest BCUT2D eigenvalue weighted by Gasteiger charge is 2.49. The minimum atomic E-state index is 0.215. The summed E-state index contributed by atoms with van der Waals surface area (Å²) in [6.45, 7) is 2.61. The predicted molar refractivity (Wildman–Crippen MR) is 64.1 cm³/mol. The molecule has 1 saturated heterocycles. The van der Waals surface area contributed by atoms with Gasteiger partial charge in [0.05, 0.1) is 12.6 Å². The number of nitrogens with zero attached hydrogens (tertiary/aromatic N) is 1. The molecule has 86 valence electrons. The molecule has 1 heterocycles. The number of aliphatic hydroxyl groups excluding tert-OH is 1. The molecule has 1 atom stereocenters. The molecule has 0 amide bonds. The van der Waals surface area contributed by atoms with Crippen LogP contribution in [0.2, 0.25) is 0 Å². The molecule has 2 aliphatic rings. The van der Waals surface area contributed by atoms with Crippen molar-refractivity contribution in [1.82, 2.24) is 4.90 Å². The normalized spacial score (nSPS) is 24.8. The van der Waals surface area contributed by atoms with E-state index in [2.05, 4.69) is 29.2 Å². The molecule has 0 unspecified atom stereocenters. The van der Waals surface area contributed by atoms with Crippen molar-refractivity contribution in [2.45, 2.75) is 25.3 Å². The summed E-state index contributed by atoms with van der Waals surface area (Å²) in [5.74, 6) is 0. The molecule has 2 heteroatoms. The molecule has 1 aliphatic carbocycles. The lowest BCUT2D eigenvalue weighted by Crippen LogP contribution is -2.60. The van der Waals surface area contributed by atoms with Gasteiger partial charge in [-0.3, -0.25) is 4.90 Å². The van der Waals surface area contributed by atoms with Crippen molar-refractivity contribution >= 4 is 0 Å². The summed E-state index contributed by atoms with van der Waals surface area (Å²) >= 11 is 0. The van der Waals surface area contributed by atoms with Gasteiger partial charge in [0.2, 0.25) is 0 Å². The monoisotopic (exact) mass is 217 g/mol. The van der Waals surface area contributed by atoms with E-state index in [1.807, 2.05) is 6.07 Å². The number of rotatable bonds is 3. The van der Waals surface area contributed by atoms with Crippen LogP contribution in [0, 0.1) is 5.41 Å². The molecule has 1 spiro atoms. The summed E-state index contributed by atoms with van der Waals surface area (Å²) in [6.07, 6.45) is 4.20. The molecule has 2 fully saturated rings. The summed E-state index contributed by atoms with van der Waals surface area (Å²) in [5.41, 5.74) is 1.89. The highest BCUT2D eigenvalue weighted by molar-refractivity contribution is 5.20. The van der Waals surface area contributed by atoms with Gasteiger partial charge in [-0.2, -0.15) is 0 Å². The maximum Gasteiger partial charge on any atom is 0.0628 e. The third-order valence-corrected chi connectivity index (χ3v) is 4.29. The standard InChI is InChI=1S/C14H19NO/c16-9-13(12-5-2-1-3-6-12)15-10-14(11-15)7-4-8-14/h1-3,5-6,13,16H,4,7-11H2/t13-/m1/s1. The van der Waals surface area contributed by atoms with Crippen LogP contribution in [-0.2, 0) is 0 Å². The number of aliphatic hydroxyl groups is 1. The molecule has 1 aromatic carbocycles. The minimum absolute atomic E-state index is 0.215. The van der Waals surface area contributed by atoms with Crippen molar-refractivity contribution < 1.29 is 5.11 Å². The zero-order valence-corrected chi connectivity index (χ0v) is 9.60. The van der Waals surface area contributed by atoms with Crippen molar-refractivity contribution in [1.29, 1.82) is 0 Å². The lowest BCUT2D eigenvalue weighted by molar-refractivity contribution is -0.0933. The van der Waals surface area contributed by atoms with Crippen molar-refractivity contribution in [3.05, 3.63) is 35.9 Å². The number of likely N-dealkylation sites (tertiary alicyclic amines) is 1. The van der Waals surface area contributed by atoms with Crippen LogP contribution in [0.15, 0.2) is 30.3 Å². The first-order valence-electron chi connectivity index (χ1n) is 6.23. The largest absolute Gasteiger partial charge is 0.394 e. The van der Waals surface area contributed by atoms with E-state index in [0.29, 0.717) is 5.41 Å². The maximum atomic E-state index is 9.53. The van der Waals surface area contributed by atoms with Crippen LogP contribution in [0.1, 0.15) is 30.9 Å². The molecule has 0 aromatic heterocycles. The van der Waals surface area contributed by atoms with Gasteiger partial charge in [0.1, 0.15) is 0 Å². The van der Waals surface area contributed by atoms with E-state index < -0.39 is 0 Å². The molecular weight excluding hydrogens is 198 g/mol. The van der Waals surface area contributed by atoms with Gasteiger partial charge in [-0.05, 0) is 23.8 Å². The van der Waals surface area contributed by atoms with E-state index in [1.165, 1.54) is 37.9 Å². The minimum Gasteiger partial charge on any atom is -0.394 e. The molecule has 2 nitrogen and oxygen atoms in total. The van der Waals surface area contributed by atoms with Crippen LogP contribution in [0.3, 0.4) is 0 Å². The van der Waals surface area contributed by atoms with E-state index in [9.17, 15) is 5.11 Å². The molecule has 1 N–H and O–H groups in total. The fourth-order valence-electron chi connectivity index (χ4n) is 3.14. The van der Waals surface area contributed by atoms with E-state index >= 15 is 0 Å². The van der Waals surface area contributed by atoms with Crippen molar-refractivity contribution in [3.8, 4) is 0 Å². The smallest absolute Gasteiger partial charge is 0.0628 e. The summed E-state index contributed by atoms with van der Waals surface area (Å²) < 4.78 is 0. The quantitative estimate of drug-likeness (QED) is 0.839. The fourth-order valence-corrected chi connectivity index (χ4v) is 3.14. The Morgan fingerprint density at radius 3 is 2.38 bits per heavy atom. The molecule has 1 aromatic rings. The van der Waals surface area contributed by atoms with Gasteiger partial charge in [0.15, 0.2) is 0 Å². The number of hydrogen-bond donors (Lipinski definition) is 1. The second kappa shape index (κ2) is 3.86. The van der Waals surface area contributed by atoms with Gasteiger partial charge in [0.25, 0.3) is 0 Å². The average Bonchev–Trinajstić information content (AvgIpc) is 2.21. The van der Waals surface area contributed by atoms with Crippen molar-refractivity contribution in [3.63, 3.8) is 0 Å². The molecule has 1 saturated carbocycles. The highest BCUT2D eigenvalue weighted by Crippen LogP contribution is 2.50. The van der Waals surface area contributed by atoms with Crippen LogP contribution >= 0.6 is 0 Å². The number of benzene rings is 1. The molecule has 16 heavy (non-hydrogen) atoms. The first-order valence-corrected chi connectivity index (χ1v) is 6.23. The summed E-state index contributed by atoms with van der Waals surface area (Å²) in [4.78, 5) is 2.43. The van der Waals surface area contributed by atoms with E-state index in [-0.39, 0.29) is 12.6 Å². The Balaban J connectivity index is 1.69. The second-order valence-electron chi connectivity index (χ2n) is 5.37. The summed E-state index contributed by atoms with van der Waals surface area (Å²) in [5, 5.41) is 9.53. The Morgan fingerprint density at radius 2 is 1.88 bits per heavy atom. The Hall–Kier alpha value is -0.860. The Labute approximate surface area is 96.9 Å². The van der Waals surface area contributed by atoms with Crippen LogP contribution in [-0.4, -0.2) is 29.7 Å². The lowest BCUT2D eigenvalue weighted by atomic mass is 9.63. The zero-order valence-electron chi connectivity index (χ0n) is 9.60. The second-order valence-corrected chi connectivity index (χ2v) is 5.37. The molecule has 3 rings (SSSR count). The van der Waals surface area contributed by atoms with Crippen LogP contribution in [0.25, 0.3) is 0 Å². The number of hydrogen-bond acceptors (Lipinski definition) is 2. The van der Waals surface area contributed by atoms with Gasteiger partial charge < -0.3 is 5.11 Å². The van der Waals surface area contributed by atoms with Gasteiger partial charge in [-0.25, -0.2) is 0 Å². The SMILES string of the molecule is OC[C@H](c1ccccc1)N1CC2(CCC2)C1. The van der Waals surface area contributed by atoms with Gasteiger partial charge >= 0.3 is 0 Å². The topological polar surface area (TPSA) is 23.5 Å². The highest BCUT2D eigenvalue weighted by atomic mass is 16.3. The van der Waals surface area contributed by atoms with E-state index in [4.69, 9.17) is 0 Å². The average molecular weight is 217 g/mol. The third kappa shape index (κ3) is 1.57. The van der Waals surface area contributed by atoms with Crippen LogP contribution in [0.4, 0.5) is 0 Å². The fraction of sp³-hybridized carbons (Fsp3) is 0.571. The van der Waals surface area contributed by atoms with Crippen LogP contribution < -0.4 is 0 Å². The van der Waals surface area contributed by atoms with Gasteiger partial charge in [0, 0.05) is 13.1 Å². The van der Waals surface area contributed by atoms with Crippen molar-refractivity contribution in [2.24, 2.45) is 5.41 Å². The maximum absolute atomic E-state index is 9.53. The summed E-state index contributed by atoms with van der Waals surface area (Å²) in [7, 11) is 0. The molecular formula is C14H19NO. The lowest BCUT2D eigenvalue weighted by Gasteiger charge is -2.58. The van der Waals surface area contributed by atoms with Gasteiger partial charge in [-0.15, -0.1) is 0 Å². The Bertz CT molecular complexity index is 350. The molecule has 0 radical (unpaired) electrons. The van der Waals surface area contributed by atoms with E-state index in [1.54, 1.807) is 0 Å². The van der Waals surface area contributed by atoms with Crippen molar-refractivity contribution in [2.75, 3.05) is 19.7 Å². The van der Waals surface area contributed by atoms with E-state index in [0.717, 1.165) is 0 Å². The first-order chi connectivity index (χ1) is 7.83. The zero-order chi connectivity index (χ0) is 11.0. The summed E-state index contributed by atoms with van der Waals surface area (Å²) in [6, 6.07) is 10.6.